The Morgan fingerprint density at radius 3 is 2.53 bits per heavy atom. The normalized spacial score (nSPS) is 13.0. The zero-order valence-electron chi connectivity index (χ0n) is 17.3. The lowest BCUT2D eigenvalue weighted by atomic mass is 10.1. The molecule has 0 unspecified atom stereocenters. The largest absolute Gasteiger partial charge is 0.392 e. The summed E-state index contributed by atoms with van der Waals surface area (Å²) < 4.78 is 43.3. The summed E-state index contributed by atoms with van der Waals surface area (Å²) in [4.78, 5) is 14.2. The molecule has 0 fully saturated rings. The fraction of sp³-hybridized carbons (Fsp3) is 0.273. The van der Waals surface area contributed by atoms with Crippen LogP contribution in [0.3, 0.4) is 0 Å². The number of amides is 1. The van der Waals surface area contributed by atoms with Crippen molar-refractivity contribution in [3.05, 3.63) is 80.3 Å². The number of benzene rings is 2. The number of halogens is 5. The van der Waals surface area contributed by atoms with Gasteiger partial charge in [0.25, 0.3) is 5.91 Å². The number of hydrogen-bond donors (Lipinski definition) is 1. The Bertz CT molecular complexity index is 1170. The van der Waals surface area contributed by atoms with E-state index in [1.165, 1.54) is 33.8 Å². The van der Waals surface area contributed by atoms with Crippen molar-refractivity contribution < 1.29 is 23.1 Å². The maximum absolute atomic E-state index is 14.6. The number of carbonyl (C=O) groups excluding carboxylic acids is 1. The average molecular weight is 486 g/mol. The molecule has 0 spiro atoms. The Kier molecular flexibility index (Phi) is 7.48. The van der Waals surface area contributed by atoms with Gasteiger partial charge in [0, 0.05) is 17.7 Å². The summed E-state index contributed by atoms with van der Waals surface area (Å²) in [6.07, 6.45) is 0.270. The summed E-state index contributed by atoms with van der Waals surface area (Å²) in [6.45, 7) is 3.55. The Balaban J connectivity index is 0.00000141. The molecule has 1 aromatic heterocycles. The number of aliphatic hydroxyl groups is 1. The smallest absolute Gasteiger partial charge is 0.279 e. The van der Waals surface area contributed by atoms with E-state index in [0.29, 0.717) is 11.1 Å². The fourth-order valence-electron chi connectivity index (χ4n) is 3.41. The van der Waals surface area contributed by atoms with Gasteiger partial charge in [0.1, 0.15) is 5.15 Å². The molecule has 1 N–H and O–H groups in total. The number of rotatable bonds is 4. The molecular weight excluding hydrogens is 466 g/mol. The van der Waals surface area contributed by atoms with Gasteiger partial charge in [-0.1, -0.05) is 49.2 Å². The van der Waals surface area contributed by atoms with E-state index >= 15 is 0 Å². The highest BCUT2D eigenvalue weighted by atomic mass is 35.5. The summed E-state index contributed by atoms with van der Waals surface area (Å²) >= 11 is 12.2. The highest BCUT2D eigenvalue weighted by Crippen LogP contribution is 2.33. The van der Waals surface area contributed by atoms with Crippen molar-refractivity contribution in [3.8, 4) is 0 Å². The van der Waals surface area contributed by atoms with Crippen LogP contribution in [0.1, 0.15) is 41.0 Å². The number of anilines is 1. The SMILES string of the molecule is CC.O=C1c2nn(Cc3cccc(F)c3F)c(Cl)c2CCN1c1cc(CO)cc(Cl)c1F. The van der Waals surface area contributed by atoms with Crippen LogP contribution >= 0.6 is 23.2 Å². The van der Waals surface area contributed by atoms with Gasteiger partial charge < -0.3 is 10.0 Å². The minimum Gasteiger partial charge on any atom is -0.392 e. The summed E-state index contributed by atoms with van der Waals surface area (Å²) in [5.74, 6) is -3.42. The molecule has 10 heteroatoms. The fourth-order valence-corrected chi connectivity index (χ4v) is 3.93. The van der Waals surface area contributed by atoms with Crippen molar-refractivity contribution in [2.75, 3.05) is 11.4 Å². The van der Waals surface area contributed by atoms with Crippen LogP contribution in [0.25, 0.3) is 0 Å². The second-order valence-corrected chi connectivity index (χ2v) is 7.53. The first-order valence-electron chi connectivity index (χ1n) is 9.90. The first-order chi connectivity index (χ1) is 15.3. The maximum atomic E-state index is 14.6. The van der Waals surface area contributed by atoms with Gasteiger partial charge >= 0.3 is 0 Å². The number of hydrogen-bond acceptors (Lipinski definition) is 3. The van der Waals surface area contributed by atoms with Crippen LogP contribution < -0.4 is 4.90 Å². The van der Waals surface area contributed by atoms with E-state index in [9.17, 15) is 23.1 Å². The molecule has 0 atom stereocenters. The van der Waals surface area contributed by atoms with Crippen LogP contribution in [0.2, 0.25) is 10.2 Å². The standard InChI is InChI=1S/C20H14Cl2F3N3O2.C2H6/c21-13-6-10(9-29)7-15(17(13)25)27-5-4-12-18(20(27)30)26-28(19(12)22)8-11-2-1-3-14(23)16(11)24;1-2/h1-3,6-7,29H,4-5,8-9H2;1-2H3. The third kappa shape index (κ3) is 4.35. The van der Waals surface area contributed by atoms with E-state index in [-0.39, 0.29) is 53.2 Å². The lowest BCUT2D eigenvalue weighted by molar-refractivity contribution is 0.0974. The van der Waals surface area contributed by atoms with Gasteiger partial charge in [-0.25, -0.2) is 17.9 Å². The van der Waals surface area contributed by atoms with Crippen LogP contribution in [-0.2, 0) is 19.6 Å². The number of aliphatic hydroxyl groups excluding tert-OH is 1. The van der Waals surface area contributed by atoms with Crippen LogP contribution in [0, 0.1) is 17.5 Å². The highest BCUT2D eigenvalue weighted by molar-refractivity contribution is 6.32. The summed E-state index contributed by atoms with van der Waals surface area (Å²) in [6, 6.07) is 6.36. The first kappa shape index (κ1) is 24.1. The summed E-state index contributed by atoms with van der Waals surface area (Å²) in [5, 5.41) is 13.4. The molecule has 2 aromatic carbocycles. The molecule has 170 valence electrons. The van der Waals surface area contributed by atoms with Gasteiger partial charge in [0.15, 0.2) is 23.1 Å². The molecule has 0 bridgehead atoms. The van der Waals surface area contributed by atoms with Crippen molar-refractivity contribution in [3.63, 3.8) is 0 Å². The topological polar surface area (TPSA) is 58.4 Å². The molecule has 1 aliphatic heterocycles. The molecule has 5 nitrogen and oxygen atoms in total. The van der Waals surface area contributed by atoms with Crippen LogP contribution in [0.4, 0.5) is 18.9 Å². The van der Waals surface area contributed by atoms with Gasteiger partial charge in [-0.2, -0.15) is 5.10 Å². The predicted molar refractivity (Wildman–Crippen MR) is 117 cm³/mol. The molecule has 3 aromatic rings. The molecule has 0 saturated heterocycles. The van der Waals surface area contributed by atoms with Crippen molar-refractivity contribution in [1.82, 2.24) is 9.78 Å². The monoisotopic (exact) mass is 485 g/mol. The average Bonchev–Trinajstić information content (AvgIpc) is 3.11. The van der Waals surface area contributed by atoms with Crippen molar-refractivity contribution >= 4 is 34.8 Å². The van der Waals surface area contributed by atoms with Crippen LogP contribution in [0.15, 0.2) is 30.3 Å². The van der Waals surface area contributed by atoms with E-state index in [1.54, 1.807) is 0 Å². The Morgan fingerprint density at radius 2 is 1.84 bits per heavy atom. The predicted octanol–water partition coefficient (Wildman–Crippen LogP) is 5.38. The van der Waals surface area contributed by atoms with E-state index in [4.69, 9.17) is 23.2 Å². The zero-order chi connectivity index (χ0) is 23.6. The minimum atomic E-state index is -1.02. The molecule has 1 amide bonds. The molecule has 0 saturated carbocycles. The third-order valence-corrected chi connectivity index (χ3v) is 5.61. The Labute approximate surface area is 193 Å². The van der Waals surface area contributed by atoms with E-state index in [2.05, 4.69) is 5.10 Å². The molecule has 1 aliphatic rings. The van der Waals surface area contributed by atoms with Crippen molar-refractivity contribution in [2.45, 2.75) is 33.4 Å². The molecule has 32 heavy (non-hydrogen) atoms. The lowest BCUT2D eigenvalue weighted by Gasteiger charge is -2.27. The first-order valence-corrected chi connectivity index (χ1v) is 10.7. The van der Waals surface area contributed by atoms with Gasteiger partial charge in [-0.15, -0.1) is 0 Å². The van der Waals surface area contributed by atoms with E-state index in [1.807, 2.05) is 13.8 Å². The Hall–Kier alpha value is -2.55. The molecular formula is C22H20Cl2F3N3O2. The minimum absolute atomic E-state index is 0.00650. The summed E-state index contributed by atoms with van der Waals surface area (Å²) in [7, 11) is 0. The van der Waals surface area contributed by atoms with Crippen LogP contribution in [0.5, 0.6) is 0 Å². The van der Waals surface area contributed by atoms with Crippen molar-refractivity contribution in [1.29, 1.82) is 0 Å². The number of carbonyl (C=O) groups is 1. The molecule has 0 aliphatic carbocycles. The maximum Gasteiger partial charge on any atom is 0.279 e. The molecule has 0 radical (unpaired) electrons. The van der Waals surface area contributed by atoms with E-state index < -0.39 is 23.4 Å². The molecule has 4 rings (SSSR count). The lowest BCUT2D eigenvalue weighted by Crippen LogP contribution is -2.38. The third-order valence-electron chi connectivity index (χ3n) is 4.91. The van der Waals surface area contributed by atoms with Gasteiger partial charge in [-0.3, -0.25) is 4.79 Å². The second-order valence-electron chi connectivity index (χ2n) is 6.76. The summed E-state index contributed by atoms with van der Waals surface area (Å²) in [5.41, 5.74) is 0.728. The van der Waals surface area contributed by atoms with E-state index in [0.717, 1.165) is 6.07 Å². The van der Waals surface area contributed by atoms with Crippen molar-refractivity contribution in [2.24, 2.45) is 0 Å². The number of fused-ring (bicyclic) bond motifs is 1. The number of aromatic nitrogens is 2. The highest BCUT2D eigenvalue weighted by Gasteiger charge is 2.33. The van der Waals surface area contributed by atoms with Gasteiger partial charge in [-0.05, 0) is 30.2 Å². The quantitative estimate of drug-likeness (QED) is 0.539. The second kappa shape index (κ2) is 9.94. The van der Waals surface area contributed by atoms with Crippen LogP contribution in [-0.4, -0.2) is 27.3 Å². The van der Waals surface area contributed by atoms with Gasteiger partial charge in [0.2, 0.25) is 0 Å². The van der Waals surface area contributed by atoms with Gasteiger partial charge in [0.05, 0.1) is 23.9 Å². The Morgan fingerprint density at radius 1 is 1.12 bits per heavy atom. The molecule has 2 heterocycles. The number of nitrogens with zero attached hydrogens (tertiary/aromatic N) is 3. The zero-order valence-corrected chi connectivity index (χ0v) is 18.8.